The minimum Gasteiger partial charge on any atom is -0.493 e. The van der Waals surface area contributed by atoms with Crippen molar-refractivity contribution in [1.82, 2.24) is 0 Å². The van der Waals surface area contributed by atoms with Crippen molar-refractivity contribution in [2.75, 3.05) is 21.3 Å². The van der Waals surface area contributed by atoms with E-state index in [-0.39, 0.29) is 12.4 Å². The maximum absolute atomic E-state index is 10.2. The summed E-state index contributed by atoms with van der Waals surface area (Å²) in [6, 6.07) is 3.08. The third kappa shape index (κ3) is 5.23. The van der Waals surface area contributed by atoms with E-state index in [2.05, 4.69) is 13.8 Å². The first-order valence-corrected chi connectivity index (χ1v) is 7.18. The summed E-state index contributed by atoms with van der Waals surface area (Å²) in [5, 5.41) is 10.2. The predicted molar refractivity (Wildman–Crippen MR) is 90.4 cm³/mol. The summed E-state index contributed by atoms with van der Waals surface area (Å²) >= 11 is 0. The lowest BCUT2D eigenvalue weighted by Crippen LogP contribution is -2.26. The molecular weight excluding hydrogens is 306 g/mol. The van der Waals surface area contributed by atoms with E-state index in [9.17, 15) is 5.11 Å². The molecule has 0 bridgehead atoms. The highest BCUT2D eigenvalue weighted by atomic mass is 35.5. The minimum atomic E-state index is -0.602. The van der Waals surface area contributed by atoms with Crippen molar-refractivity contribution in [3.05, 3.63) is 17.7 Å². The molecule has 0 saturated heterocycles. The molecule has 0 heterocycles. The van der Waals surface area contributed by atoms with E-state index in [1.807, 2.05) is 0 Å². The Hall–Kier alpha value is -1.17. The average molecular weight is 334 g/mol. The summed E-state index contributed by atoms with van der Waals surface area (Å²) in [5.74, 6) is 2.14. The molecule has 0 aliphatic heterocycles. The standard InChI is InChI=1S/C16H27NO4.ClH/c1-10(2)6-7-12(18)15(17)11-8-13(19-3)16(21-5)14(9-11)20-4;/h8-10,12,15,18H,6-7,17H2,1-5H3;1H/t12-,15+;/m1./s1. The Kier molecular flexibility index (Phi) is 9.25. The van der Waals surface area contributed by atoms with Crippen LogP contribution in [0.25, 0.3) is 0 Å². The molecule has 3 N–H and O–H groups in total. The van der Waals surface area contributed by atoms with E-state index < -0.39 is 12.1 Å². The van der Waals surface area contributed by atoms with Crippen molar-refractivity contribution in [3.63, 3.8) is 0 Å². The molecule has 6 heteroatoms. The molecule has 0 radical (unpaired) electrons. The average Bonchev–Trinajstić information content (AvgIpc) is 2.49. The monoisotopic (exact) mass is 333 g/mol. The molecule has 0 aromatic heterocycles. The highest BCUT2D eigenvalue weighted by molar-refractivity contribution is 5.85. The van der Waals surface area contributed by atoms with E-state index >= 15 is 0 Å². The number of ether oxygens (including phenoxy) is 3. The Balaban J connectivity index is 0.00000441. The third-order valence-corrected chi connectivity index (χ3v) is 3.53. The second-order valence-electron chi connectivity index (χ2n) is 5.52. The molecular formula is C16H28ClNO4. The lowest BCUT2D eigenvalue weighted by molar-refractivity contribution is 0.128. The Morgan fingerprint density at radius 3 is 1.86 bits per heavy atom. The number of hydrogen-bond acceptors (Lipinski definition) is 5. The second kappa shape index (κ2) is 9.77. The Bertz CT molecular complexity index is 429. The van der Waals surface area contributed by atoms with Gasteiger partial charge in [0.15, 0.2) is 11.5 Å². The van der Waals surface area contributed by atoms with Gasteiger partial charge in [0, 0.05) is 0 Å². The number of aliphatic hydroxyl groups is 1. The van der Waals surface area contributed by atoms with Gasteiger partial charge in [-0.25, -0.2) is 0 Å². The van der Waals surface area contributed by atoms with Gasteiger partial charge in [0.2, 0.25) is 5.75 Å². The summed E-state index contributed by atoms with van der Waals surface area (Å²) < 4.78 is 15.9. The van der Waals surface area contributed by atoms with Crippen LogP contribution >= 0.6 is 12.4 Å². The zero-order chi connectivity index (χ0) is 16.0. The maximum atomic E-state index is 10.2. The molecule has 0 spiro atoms. The lowest BCUT2D eigenvalue weighted by Gasteiger charge is -2.22. The van der Waals surface area contributed by atoms with Gasteiger partial charge in [0.25, 0.3) is 0 Å². The number of aliphatic hydroxyl groups excluding tert-OH is 1. The molecule has 2 atom stereocenters. The molecule has 1 aromatic carbocycles. The van der Waals surface area contributed by atoms with Gasteiger partial charge in [0.05, 0.1) is 33.5 Å². The number of rotatable bonds is 8. The van der Waals surface area contributed by atoms with Crippen LogP contribution in [0, 0.1) is 5.92 Å². The van der Waals surface area contributed by atoms with Crippen molar-refractivity contribution in [3.8, 4) is 17.2 Å². The zero-order valence-electron chi connectivity index (χ0n) is 14.0. The summed E-state index contributed by atoms with van der Waals surface area (Å²) in [6.45, 7) is 4.25. The quantitative estimate of drug-likeness (QED) is 0.765. The number of halogens is 1. The first-order chi connectivity index (χ1) is 9.94. The molecule has 0 aliphatic carbocycles. The largest absolute Gasteiger partial charge is 0.493 e. The summed E-state index contributed by atoms with van der Waals surface area (Å²) in [7, 11) is 4.67. The van der Waals surface area contributed by atoms with Crippen LogP contribution in [0.3, 0.4) is 0 Å². The fourth-order valence-corrected chi connectivity index (χ4v) is 2.20. The highest BCUT2D eigenvalue weighted by Gasteiger charge is 2.21. The minimum absolute atomic E-state index is 0. The Morgan fingerprint density at radius 2 is 1.50 bits per heavy atom. The summed E-state index contributed by atoms with van der Waals surface area (Å²) in [4.78, 5) is 0. The fraction of sp³-hybridized carbons (Fsp3) is 0.625. The molecule has 128 valence electrons. The molecule has 0 unspecified atom stereocenters. The smallest absolute Gasteiger partial charge is 0.203 e. The van der Waals surface area contributed by atoms with E-state index in [0.717, 1.165) is 12.0 Å². The Morgan fingerprint density at radius 1 is 1.00 bits per heavy atom. The van der Waals surface area contributed by atoms with Gasteiger partial charge in [-0.2, -0.15) is 0 Å². The summed E-state index contributed by atoms with van der Waals surface area (Å²) in [5.41, 5.74) is 6.93. The second-order valence-corrected chi connectivity index (χ2v) is 5.52. The van der Waals surface area contributed by atoms with Crippen LogP contribution in [-0.2, 0) is 0 Å². The molecule has 0 aliphatic rings. The van der Waals surface area contributed by atoms with Crippen LogP contribution in [0.5, 0.6) is 17.2 Å². The number of nitrogens with two attached hydrogens (primary N) is 1. The van der Waals surface area contributed by atoms with Gasteiger partial charge in [-0.3, -0.25) is 0 Å². The first kappa shape index (κ1) is 20.8. The van der Waals surface area contributed by atoms with Crippen LogP contribution in [0.4, 0.5) is 0 Å². The summed E-state index contributed by atoms with van der Waals surface area (Å²) in [6.07, 6.45) is 0.990. The van der Waals surface area contributed by atoms with Crippen molar-refractivity contribution >= 4 is 12.4 Å². The van der Waals surface area contributed by atoms with Crippen LogP contribution in [-0.4, -0.2) is 32.5 Å². The van der Waals surface area contributed by atoms with E-state index in [1.165, 1.54) is 0 Å². The number of methoxy groups -OCH3 is 3. The van der Waals surface area contributed by atoms with Crippen molar-refractivity contribution in [1.29, 1.82) is 0 Å². The van der Waals surface area contributed by atoms with Crippen molar-refractivity contribution in [2.24, 2.45) is 11.7 Å². The van der Waals surface area contributed by atoms with Gasteiger partial charge in [-0.1, -0.05) is 13.8 Å². The maximum Gasteiger partial charge on any atom is 0.203 e. The predicted octanol–water partition coefficient (Wildman–Crippen LogP) is 2.93. The molecule has 0 amide bonds. The van der Waals surface area contributed by atoms with Gasteiger partial charge < -0.3 is 25.1 Å². The van der Waals surface area contributed by atoms with E-state index in [4.69, 9.17) is 19.9 Å². The van der Waals surface area contributed by atoms with Crippen molar-refractivity contribution in [2.45, 2.75) is 38.8 Å². The highest BCUT2D eigenvalue weighted by Crippen LogP contribution is 2.40. The van der Waals surface area contributed by atoms with Gasteiger partial charge in [-0.05, 0) is 36.5 Å². The van der Waals surface area contributed by atoms with Crippen LogP contribution in [0.15, 0.2) is 12.1 Å². The van der Waals surface area contributed by atoms with E-state index in [1.54, 1.807) is 33.5 Å². The number of benzene rings is 1. The molecule has 5 nitrogen and oxygen atoms in total. The van der Waals surface area contributed by atoms with Crippen LogP contribution < -0.4 is 19.9 Å². The zero-order valence-corrected chi connectivity index (χ0v) is 14.8. The first-order valence-electron chi connectivity index (χ1n) is 7.18. The van der Waals surface area contributed by atoms with Crippen molar-refractivity contribution < 1.29 is 19.3 Å². The molecule has 1 aromatic rings. The van der Waals surface area contributed by atoms with Crippen LogP contribution in [0.2, 0.25) is 0 Å². The topological polar surface area (TPSA) is 73.9 Å². The molecule has 1 rings (SSSR count). The third-order valence-electron chi connectivity index (χ3n) is 3.53. The lowest BCUT2D eigenvalue weighted by atomic mass is 9.95. The van der Waals surface area contributed by atoms with Gasteiger partial charge >= 0.3 is 0 Å². The SMILES string of the molecule is COc1cc([C@H](N)[C@H](O)CCC(C)C)cc(OC)c1OC.Cl. The van der Waals surface area contributed by atoms with E-state index in [0.29, 0.717) is 29.6 Å². The van der Waals surface area contributed by atoms with Crippen LogP contribution in [0.1, 0.15) is 38.3 Å². The number of hydrogen-bond donors (Lipinski definition) is 2. The Labute approximate surface area is 139 Å². The molecule has 22 heavy (non-hydrogen) atoms. The van der Waals surface area contributed by atoms with Gasteiger partial charge in [0.1, 0.15) is 0 Å². The fourth-order valence-electron chi connectivity index (χ4n) is 2.20. The van der Waals surface area contributed by atoms with Gasteiger partial charge in [-0.15, -0.1) is 12.4 Å². The molecule has 0 saturated carbocycles. The molecule has 0 fully saturated rings. The normalized spacial score (nSPS) is 13.3.